The van der Waals surface area contributed by atoms with E-state index in [1.54, 1.807) is 0 Å². The van der Waals surface area contributed by atoms with Gasteiger partial charge in [0.15, 0.2) is 0 Å². The number of imidazole rings is 1. The van der Waals surface area contributed by atoms with Crippen LogP contribution in [0.4, 0.5) is 0 Å². The lowest BCUT2D eigenvalue weighted by Crippen LogP contribution is -2.18. The van der Waals surface area contributed by atoms with E-state index in [1.807, 2.05) is 19.3 Å². The van der Waals surface area contributed by atoms with Crippen LogP contribution >= 0.6 is 0 Å². The van der Waals surface area contributed by atoms with E-state index in [0.29, 0.717) is 12.5 Å². The molecule has 0 aliphatic heterocycles. The Morgan fingerprint density at radius 2 is 2.18 bits per heavy atom. The van der Waals surface area contributed by atoms with E-state index in [1.165, 1.54) is 11.1 Å². The molecule has 1 aromatic carbocycles. The lowest BCUT2D eigenvalue weighted by molar-refractivity contribution is 0.555. The highest BCUT2D eigenvalue weighted by atomic mass is 15.1. The predicted octanol–water partition coefficient (Wildman–Crippen LogP) is 2.24. The van der Waals surface area contributed by atoms with Crippen LogP contribution in [0.3, 0.4) is 0 Å². The van der Waals surface area contributed by atoms with E-state index >= 15 is 0 Å². The SMILES string of the molecule is Cc1cccc(C(CN)Cn2ccnc2C)c1. The summed E-state index contributed by atoms with van der Waals surface area (Å²) in [7, 11) is 0. The molecule has 0 aliphatic carbocycles. The summed E-state index contributed by atoms with van der Waals surface area (Å²) < 4.78 is 2.15. The minimum Gasteiger partial charge on any atom is -0.335 e. The maximum atomic E-state index is 5.89. The molecule has 2 rings (SSSR count). The first-order valence-electron chi connectivity index (χ1n) is 5.95. The quantitative estimate of drug-likeness (QED) is 0.873. The molecule has 0 spiro atoms. The van der Waals surface area contributed by atoms with Gasteiger partial charge in [0.25, 0.3) is 0 Å². The topological polar surface area (TPSA) is 43.8 Å². The van der Waals surface area contributed by atoms with Gasteiger partial charge in [0.2, 0.25) is 0 Å². The molecular formula is C14H19N3. The normalized spacial score (nSPS) is 12.6. The third-order valence-electron chi connectivity index (χ3n) is 3.14. The Labute approximate surface area is 102 Å². The monoisotopic (exact) mass is 229 g/mol. The van der Waals surface area contributed by atoms with Crippen LogP contribution in [0.15, 0.2) is 36.7 Å². The molecule has 2 N–H and O–H groups in total. The molecule has 0 fully saturated rings. The van der Waals surface area contributed by atoms with E-state index in [9.17, 15) is 0 Å². The summed E-state index contributed by atoms with van der Waals surface area (Å²) in [5, 5.41) is 0. The fraction of sp³-hybridized carbons (Fsp3) is 0.357. The van der Waals surface area contributed by atoms with Crippen molar-refractivity contribution in [1.29, 1.82) is 0 Å². The highest BCUT2D eigenvalue weighted by molar-refractivity contribution is 5.25. The van der Waals surface area contributed by atoms with Crippen LogP contribution < -0.4 is 5.73 Å². The Balaban J connectivity index is 2.20. The minimum atomic E-state index is 0.350. The summed E-state index contributed by atoms with van der Waals surface area (Å²) in [4.78, 5) is 4.24. The van der Waals surface area contributed by atoms with Crippen LogP contribution in [0.2, 0.25) is 0 Å². The number of aromatic nitrogens is 2. The highest BCUT2D eigenvalue weighted by Crippen LogP contribution is 2.18. The summed E-state index contributed by atoms with van der Waals surface area (Å²) >= 11 is 0. The zero-order valence-corrected chi connectivity index (χ0v) is 10.4. The zero-order chi connectivity index (χ0) is 12.3. The Hall–Kier alpha value is -1.61. The van der Waals surface area contributed by atoms with Crippen LogP contribution in [0.25, 0.3) is 0 Å². The average Bonchev–Trinajstić information content (AvgIpc) is 2.71. The van der Waals surface area contributed by atoms with Gasteiger partial charge in [-0.25, -0.2) is 4.98 Å². The number of hydrogen-bond donors (Lipinski definition) is 1. The smallest absolute Gasteiger partial charge is 0.105 e. The maximum absolute atomic E-state index is 5.89. The second-order valence-electron chi connectivity index (χ2n) is 4.47. The lowest BCUT2D eigenvalue weighted by Gasteiger charge is -2.17. The summed E-state index contributed by atoms with van der Waals surface area (Å²) in [5.41, 5.74) is 8.47. The molecule has 3 nitrogen and oxygen atoms in total. The van der Waals surface area contributed by atoms with E-state index in [2.05, 4.69) is 40.7 Å². The Morgan fingerprint density at radius 1 is 1.35 bits per heavy atom. The van der Waals surface area contributed by atoms with Crippen molar-refractivity contribution in [1.82, 2.24) is 9.55 Å². The highest BCUT2D eigenvalue weighted by Gasteiger charge is 2.11. The van der Waals surface area contributed by atoms with Crippen molar-refractivity contribution in [2.24, 2.45) is 5.73 Å². The van der Waals surface area contributed by atoms with Crippen molar-refractivity contribution in [2.75, 3.05) is 6.54 Å². The molecule has 3 heteroatoms. The van der Waals surface area contributed by atoms with Crippen molar-refractivity contribution < 1.29 is 0 Å². The van der Waals surface area contributed by atoms with Gasteiger partial charge in [0.05, 0.1) is 0 Å². The number of hydrogen-bond acceptors (Lipinski definition) is 2. The number of rotatable bonds is 4. The van der Waals surface area contributed by atoms with Gasteiger partial charge in [0.1, 0.15) is 5.82 Å². The first kappa shape index (κ1) is 11.9. The molecule has 90 valence electrons. The molecule has 0 amide bonds. The molecule has 1 aromatic heterocycles. The van der Waals surface area contributed by atoms with Crippen molar-refractivity contribution in [3.8, 4) is 0 Å². The summed E-state index contributed by atoms with van der Waals surface area (Å²) in [5.74, 6) is 1.39. The largest absolute Gasteiger partial charge is 0.335 e. The Morgan fingerprint density at radius 3 is 2.76 bits per heavy atom. The molecule has 2 aromatic rings. The standard InChI is InChI=1S/C14H19N3/c1-11-4-3-5-13(8-11)14(9-15)10-17-7-6-16-12(17)2/h3-8,14H,9-10,15H2,1-2H3. The fourth-order valence-corrected chi connectivity index (χ4v) is 2.07. The minimum absolute atomic E-state index is 0.350. The first-order chi connectivity index (χ1) is 8.20. The van der Waals surface area contributed by atoms with Crippen molar-refractivity contribution in [3.63, 3.8) is 0 Å². The van der Waals surface area contributed by atoms with E-state index in [4.69, 9.17) is 5.73 Å². The van der Waals surface area contributed by atoms with Crippen LogP contribution in [0.1, 0.15) is 22.9 Å². The first-order valence-corrected chi connectivity index (χ1v) is 5.95. The molecular weight excluding hydrogens is 210 g/mol. The van der Waals surface area contributed by atoms with E-state index in [-0.39, 0.29) is 0 Å². The van der Waals surface area contributed by atoms with E-state index in [0.717, 1.165) is 12.4 Å². The Kier molecular flexibility index (Phi) is 3.59. The van der Waals surface area contributed by atoms with Gasteiger partial charge in [-0.05, 0) is 19.4 Å². The maximum Gasteiger partial charge on any atom is 0.105 e. The molecule has 0 radical (unpaired) electrons. The lowest BCUT2D eigenvalue weighted by atomic mass is 9.97. The Bertz CT molecular complexity index is 488. The summed E-state index contributed by atoms with van der Waals surface area (Å²) in [6.45, 7) is 5.68. The van der Waals surface area contributed by atoms with Crippen LogP contribution in [-0.2, 0) is 6.54 Å². The molecule has 1 unspecified atom stereocenters. The second kappa shape index (κ2) is 5.15. The van der Waals surface area contributed by atoms with E-state index < -0.39 is 0 Å². The van der Waals surface area contributed by atoms with Gasteiger partial charge in [0, 0.05) is 31.4 Å². The van der Waals surface area contributed by atoms with Gasteiger partial charge in [-0.2, -0.15) is 0 Å². The third kappa shape index (κ3) is 2.74. The number of aryl methyl sites for hydroxylation is 2. The van der Waals surface area contributed by atoms with Crippen LogP contribution in [-0.4, -0.2) is 16.1 Å². The summed E-state index contributed by atoms with van der Waals surface area (Å²) in [6, 6.07) is 8.56. The van der Waals surface area contributed by atoms with Gasteiger partial charge in [-0.15, -0.1) is 0 Å². The molecule has 17 heavy (non-hydrogen) atoms. The summed E-state index contributed by atoms with van der Waals surface area (Å²) in [6.07, 6.45) is 3.84. The molecule has 0 bridgehead atoms. The molecule has 1 heterocycles. The number of benzene rings is 1. The van der Waals surface area contributed by atoms with Crippen molar-refractivity contribution >= 4 is 0 Å². The van der Waals surface area contributed by atoms with Crippen molar-refractivity contribution in [2.45, 2.75) is 26.3 Å². The molecule has 0 aliphatic rings. The average molecular weight is 229 g/mol. The van der Waals surface area contributed by atoms with Gasteiger partial charge < -0.3 is 10.3 Å². The number of nitrogens with zero attached hydrogens (tertiary/aromatic N) is 2. The fourth-order valence-electron chi connectivity index (χ4n) is 2.07. The molecule has 1 atom stereocenters. The van der Waals surface area contributed by atoms with Gasteiger partial charge >= 0.3 is 0 Å². The third-order valence-corrected chi connectivity index (χ3v) is 3.14. The second-order valence-corrected chi connectivity index (χ2v) is 4.47. The molecule has 0 saturated heterocycles. The van der Waals surface area contributed by atoms with Crippen LogP contribution in [0, 0.1) is 13.8 Å². The predicted molar refractivity (Wildman–Crippen MR) is 69.9 cm³/mol. The van der Waals surface area contributed by atoms with Gasteiger partial charge in [-0.3, -0.25) is 0 Å². The van der Waals surface area contributed by atoms with Crippen LogP contribution in [0.5, 0.6) is 0 Å². The van der Waals surface area contributed by atoms with Gasteiger partial charge in [-0.1, -0.05) is 29.8 Å². The zero-order valence-electron chi connectivity index (χ0n) is 10.4. The number of nitrogens with two attached hydrogens (primary N) is 1. The molecule has 0 saturated carbocycles. The van der Waals surface area contributed by atoms with Crippen molar-refractivity contribution in [3.05, 3.63) is 53.6 Å².